The summed E-state index contributed by atoms with van der Waals surface area (Å²) in [4.78, 5) is 0. The molecule has 1 aromatic rings. The Morgan fingerprint density at radius 3 is 2.73 bits per heavy atom. The van der Waals surface area contributed by atoms with Gasteiger partial charge in [0.1, 0.15) is 11.6 Å². The van der Waals surface area contributed by atoms with Crippen LogP contribution in [0.4, 0.5) is 4.39 Å². The number of rotatable bonds is 3. The van der Waals surface area contributed by atoms with Gasteiger partial charge in [-0.05, 0) is 43.9 Å². The fraction of sp³-hybridized carbons (Fsp3) is 0.500. The summed E-state index contributed by atoms with van der Waals surface area (Å²) in [7, 11) is 0. The van der Waals surface area contributed by atoms with E-state index in [1.54, 1.807) is 12.1 Å². The lowest BCUT2D eigenvalue weighted by Crippen LogP contribution is -2.11. The van der Waals surface area contributed by atoms with Gasteiger partial charge in [0.15, 0.2) is 0 Å². The highest BCUT2D eigenvalue weighted by atomic mass is 79.9. The molecule has 15 heavy (non-hydrogen) atoms. The van der Waals surface area contributed by atoms with E-state index < -0.39 is 0 Å². The van der Waals surface area contributed by atoms with Crippen molar-refractivity contribution < 1.29 is 9.13 Å². The minimum atomic E-state index is -0.175. The Hall–Kier alpha value is -0.570. The van der Waals surface area contributed by atoms with Gasteiger partial charge < -0.3 is 4.74 Å². The van der Waals surface area contributed by atoms with Crippen molar-refractivity contribution in [3.8, 4) is 5.75 Å². The minimum Gasteiger partial charge on any atom is -0.490 e. The minimum absolute atomic E-state index is 0.175. The molecule has 0 N–H and O–H groups in total. The van der Waals surface area contributed by atoms with Gasteiger partial charge in [-0.3, -0.25) is 0 Å². The fourth-order valence-electron chi connectivity index (χ4n) is 1.93. The third-order valence-electron chi connectivity index (χ3n) is 2.77. The summed E-state index contributed by atoms with van der Waals surface area (Å²) in [5.41, 5.74) is 0.658. The molecule has 2 rings (SSSR count). The van der Waals surface area contributed by atoms with Crippen molar-refractivity contribution in [1.29, 1.82) is 0 Å². The predicted molar refractivity (Wildman–Crippen MR) is 61.9 cm³/mol. The number of ether oxygens (including phenoxy) is 1. The van der Waals surface area contributed by atoms with Crippen LogP contribution in [0.25, 0.3) is 0 Å². The quantitative estimate of drug-likeness (QED) is 0.755. The molecule has 0 aliphatic heterocycles. The third kappa shape index (κ3) is 2.71. The molecule has 0 bridgehead atoms. The number of alkyl halides is 1. The number of benzene rings is 1. The second kappa shape index (κ2) is 4.97. The van der Waals surface area contributed by atoms with Crippen molar-refractivity contribution in [2.45, 2.75) is 37.1 Å². The van der Waals surface area contributed by atoms with Gasteiger partial charge in [0.2, 0.25) is 0 Å². The normalized spacial score (nSPS) is 16.9. The standard InChI is InChI=1S/C12H14BrFO/c13-8-9-7-11(5-6-12(9)14)15-10-3-1-2-4-10/h5-7,10H,1-4,8H2. The Morgan fingerprint density at radius 2 is 2.07 bits per heavy atom. The first-order valence-electron chi connectivity index (χ1n) is 5.30. The molecule has 0 atom stereocenters. The molecule has 82 valence electrons. The Labute approximate surface area is 97.8 Å². The van der Waals surface area contributed by atoms with E-state index in [0.717, 1.165) is 18.6 Å². The molecule has 1 aliphatic carbocycles. The van der Waals surface area contributed by atoms with Crippen LogP contribution in [0.5, 0.6) is 5.75 Å². The number of halogens is 2. The maximum Gasteiger partial charge on any atom is 0.127 e. The average Bonchev–Trinajstić information content (AvgIpc) is 2.73. The Kier molecular flexibility index (Phi) is 3.62. The highest BCUT2D eigenvalue weighted by Crippen LogP contribution is 2.26. The summed E-state index contributed by atoms with van der Waals surface area (Å²) in [6.45, 7) is 0. The van der Waals surface area contributed by atoms with Crippen molar-refractivity contribution in [3.05, 3.63) is 29.6 Å². The molecule has 0 saturated heterocycles. The van der Waals surface area contributed by atoms with E-state index in [4.69, 9.17) is 4.74 Å². The van der Waals surface area contributed by atoms with Crippen molar-refractivity contribution >= 4 is 15.9 Å². The average molecular weight is 273 g/mol. The van der Waals surface area contributed by atoms with E-state index in [-0.39, 0.29) is 5.82 Å². The lowest BCUT2D eigenvalue weighted by atomic mass is 10.2. The third-order valence-corrected chi connectivity index (χ3v) is 3.37. The van der Waals surface area contributed by atoms with Gasteiger partial charge >= 0.3 is 0 Å². The summed E-state index contributed by atoms with van der Waals surface area (Å²) >= 11 is 3.26. The highest BCUT2D eigenvalue weighted by Gasteiger charge is 2.16. The Balaban J connectivity index is 2.07. The van der Waals surface area contributed by atoms with Crippen LogP contribution in [0.1, 0.15) is 31.2 Å². The van der Waals surface area contributed by atoms with Gasteiger partial charge in [-0.15, -0.1) is 0 Å². The zero-order valence-corrected chi connectivity index (χ0v) is 10.1. The molecule has 0 heterocycles. The molecule has 0 spiro atoms. The van der Waals surface area contributed by atoms with Crippen LogP contribution in [0.15, 0.2) is 18.2 Å². The smallest absolute Gasteiger partial charge is 0.127 e. The van der Waals surface area contributed by atoms with Gasteiger partial charge in [0, 0.05) is 10.9 Å². The summed E-state index contributed by atoms with van der Waals surface area (Å²) < 4.78 is 19.0. The maximum absolute atomic E-state index is 13.2. The maximum atomic E-state index is 13.2. The monoisotopic (exact) mass is 272 g/mol. The molecule has 1 nitrogen and oxygen atoms in total. The van der Waals surface area contributed by atoms with Gasteiger partial charge in [-0.25, -0.2) is 4.39 Å². The first kappa shape index (κ1) is 10.9. The lowest BCUT2D eigenvalue weighted by Gasteiger charge is -2.13. The highest BCUT2D eigenvalue weighted by molar-refractivity contribution is 9.08. The van der Waals surface area contributed by atoms with Crippen LogP contribution >= 0.6 is 15.9 Å². The molecule has 1 aromatic carbocycles. The first-order valence-corrected chi connectivity index (χ1v) is 6.43. The molecular formula is C12H14BrFO. The SMILES string of the molecule is Fc1ccc(OC2CCCC2)cc1CBr. The predicted octanol–water partition coefficient (Wildman–Crippen LogP) is 4.04. The summed E-state index contributed by atoms with van der Waals surface area (Å²) in [6, 6.07) is 4.96. The fourth-order valence-corrected chi connectivity index (χ4v) is 2.36. The topological polar surface area (TPSA) is 9.23 Å². The van der Waals surface area contributed by atoms with Gasteiger partial charge in [-0.2, -0.15) is 0 Å². The van der Waals surface area contributed by atoms with E-state index in [0.29, 0.717) is 17.0 Å². The van der Waals surface area contributed by atoms with E-state index in [1.807, 2.05) is 0 Å². The van der Waals surface area contributed by atoms with E-state index in [1.165, 1.54) is 18.9 Å². The number of hydrogen-bond acceptors (Lipinski definition) is 1. The second-order valence-electron chi connectivity index (χ2n) is 3.91. The van der Waals surface area contributed by atoms with Crippen molar-refractivity contribution in [2.75, 3.05) is 0 Å². The second-order valence-corrected chi connectivity index (χ2v) is 4.47. The molecule has 1 fully saturated rings. The van der Waals surface area contributed by atoms with Crippen molar-refractivity contribution in [2.24, 2.45) is 0 Å². The molecule has 0 radical (unpaired) electrons. The molecule has 1 aliphatic rings. The summed E-state index contributed by atoms with van der Waals surface area (Å²) in [5, 5.41) is 0.528. The van der Waals surface area contributed by atoms with Crippen LogP contribution < -0.4 is 4.74 Å². The Morgan fingerprint density at radius 1 is 1.33 bits per heavy atom. The molecule has 1 saturated carbocycles. The summed E-state index contributed by atoms with van der Waals surface area (Å²) in [6.07, 6.45) is 5.08. The lowest BCUT2D eigenvalue weighted by molar-refractivity contribution is 0.209. The zero-order valence-electron chi connectivity index (χ0n) is 8.51. The van der Waals surface area contributed by atoms with E-state index in [2.05, 4.69) is 15.9 Å². The first-order chi connectivity index (χ1) is 7.29. The van der Waals surface area contributed by atoms with Crippen LogP contribution in [0, 0.1) is 5.82 Å². The van der Waals surface area contributed by atoms with Crippen LogP contribution in [0.2, 0.25) is 0 Å². The van der Waals surface area contributed by atoms with Crippen LogP contribution in [0.3, 0.4) is 0 Å². The molecular weight excluding hydrogens is 259 g/mol. The number of hydrogen-bond donors (Lipinski definition) is 0. The zero-order chi connectivity index (χ0) is 10.7. The molecule has 0 aromatic heterocycles. The van der Waals surface area contributed by atoms with E-state index >= 15 is 0 Å². The van der Waals surface area contributed by atoms with Crippen molar-refractivity contribution in [3.63, 3.8) is 0 Å². The summed E-state index contributed by atoms with van der Waals surface area (Å²) in [5.74, 6) is 0.614. The van der Waals surface area contributed by atoms with Gasteiger partial charge in [0.05, 0.1) is 6.10 Å². The molecule has 3 heteroatoms. The molecule has 0 unspecified atom stereocenters. The molecule has 0 amide bonds. The van der Waals surface area contributed by atoms with Crippen molar-refractivity contribution in [1.82, 2.24) is 0 Å². The van der Waals surface area contributed by atoms with E-state index in [9.17, 15) is 4.39 Å². The van der Waals surface area contributed by atoms with Gasteiger partial charge in [0.25, 0.3) is 0 Å². The van der Waals surface area contributed by atoms with Crippen LogP contribution in [-0.4, -0.2) is 6.10 Å². The van der Waals surface area contributed by atoms with Crippen LogP contribution in [-0.2, 0) is 5.33 Å². The Bertz CT molecular complexity index is 334. The van der Waals surface area contributed by atoms with Gasteiger partial charge in [-0.1, -0.05) is 15.9 Å². The largest absolute Gasteiger partial charge is 0.490 e.